The quantitative estimate of drug-likeness (QED) is 0.821. The van der Waals surface area contributed by atoms with Crippen LogP contribution in [0.4, 0.5) is 20.6 Å². The molecule has 2 aromatic carbocycles. The summed E-state index contributed by atoms with van der Waals surface area (Å²) in [5.74, 6) is -0.575. The van der Waals surface area contributed by atoms with E-state index in [2.05, 4.69) is 16.7 Å². The van der Waals surface area contributed by atoms with Gasteiger partial charge in [-0.05, 0) is 48.1 Å². The average molecular weight is 353 g/mol. The first-order chi connectivity index (χ1) is 12.6. The first-order valence-corrected chi connectivity index (χ1v) is 8.85. The summed E-state index contributed by atoms with van der Waals surface area (Å²) in [7, 11) is 0. The van der Waals surface area contributed by atoms with E-state index in [1.165, 1.54) is 17.7 Å². The number of amides is 3. The van der Waals surface area contributed by atoms with Gasteiger partial charge >= 0.3 is 6.03 Å². The minimum atomic E-state index is -0.483. The van der Waals surface area contributed by atoms with Gasteiger partial charge in [0.15, 0.2) is 0 Å². The summed E-state index contributed by atoms with van der Waals surface area (Å²) in [5.41, 5.74) is 3.79. The number of benzene rings is 2. The van der Waals surface area contributed by atoms with Gasteiger partial charge < -0.3 is 15.5 Å². The van der Waals surface area contributed by atoms with Crippen molar-refractivity contribution in [2.45, 2.75) is 32.2 Å². The van der Waals surface area contributed by atoms with Crippen LogP contribution in [0, 0.1) is 5.82 Å². The van der Waals surface area contributed by atoms with Crippen molar-refractivity contribution < 1.29 is 14.0 Å². The molecule has 0 saturated heterocycles. The number of hydrogen-bond donors (Lipinski definition) is 2. The van der Waals surface area contributed by atoms with Crippen LogP contribution >= 0.6 is 0 Å². The molecule has 0 unspecified atom stereocenters. The number of anilines is 2. The van der Waals surface area contributed by atoms with Crippen LogP contribution < -0.4 is 10.6 Å². The van der Waals surface area contributed by atoms with E-state index in [1.54, 1.807) is 4.90 Å². The van der Waals surface area contributed by atoms with Crippen LogP contribution in [0.2, 0.25) is 0 Å². The van der Waals surface area contributed by atoms with Crippen molar-refractivity contribution in [2.24, 2.45) is 0 Å². The maximum absolute atomic E-state index is 14.4. The molecule has 5 nitrogen and oxygen atoms in total. The maximum Gasteiger partial charge on any atom is 0.322 e. The lowest BCUT2D eigenvalue weighted by atomic mass is 10.0. The van der Waals surface area contributed by atoms with Crippen molar-refractivity contribution in [1.29, 1.82) is 0 Å². The molecule has 2 aromatic rings. The molecule has 0 spiro atoms. The van der Waals surface area contributed by atoms with E-state index in [0.717, 1.165) is 24.0 Å². The van der Waals surface area contributed by atoms with Gasteiger partial charge in [0.1, 0.15) is 5.82 Å². The molecule has 2 aliphatic rings. The highest BCUT2D eigenvalue weighted by Crippen LogP contribution is 2.29. The number of fused-ring (bicyclic) bond motifs is 2. The number of nitrogens with zero attached hydrogens (tertiary/aromatic N) is 1. The maximum atomic E-state index is 14.4. The van der Waals surface area contributed by atoms with Gasteiger partial charge in [-0.15, -0.1) is 0 Å². The van der Waals surface area contributed by atoms with Crippen LogP contribution in [0.15, 0.2) is 36.4 Å². The Labute approximate surface area is 151 Å². The fraction of sp³-hybridized carbons (Fsp3) is 0.300. The molecule has 0 fully saturated rings. The number of aryl methyl sites for hydroxylation is 2. The lowest BCUT2D eigenvalue weighted by molar-refractivity contribution is -0.116. The first kappa shape index (κ1) is 16.6. The molecule has 134 valence electrons. The van der Waals surface area contributed by atoms with Gasteiger partial charge in [0, 0.05) is 25.2 Å². The van der Waals surface area contributed by atoms with Crippen molar-refractivity contribution in [3.8, 4) is 0 Å². The zero-order chi connectivity index (χ0) is 18.1. The number of halogens is 1. The highest BCUT2D eigenvalue weighted by atomic mass is 19.1. The van der Waals surface area contributed by atoms with Crippen LogP contribution in [-0.2, 0) is 24.2 Å². The Bertz CT molecular complexity index is 881. The molecule has 0 atom stereocenters. The minimum Gasteiger partial charge on any atom is -0.326 e. The van der Waals surface area contributed by atoms with Crippen LogP contribution in [0.25, 0.3) is 0 Å². The highest BCUT2D eigenvalue weighted by Gasteiger charge is 2.22. The Morgan fingerprint density at radius 2 is 1.88 bits per heavy atom. The van der Waals surface area contributed by atoms with Crippen molar-refractivity contribution in [3.05, 3.63) is 58.9 Å². The van der Waals surface area contributed by atoms with E-state index in [-0.39, 0.29) is 17.6 Å². The molecule has 0 aliphatic carbocycles. The largest absolute Gasteiger partial charge is 0.326 e. The Morgan fingerprint density at radius 3 is 2.73 bits per heavy atom. The molecule has 0 saturated carbocycles. The van der Waals surface area contributed by atoms with Crippen molar-refractivity contribution in [3.63, 3.8) is 0 Å². The van der Waals surface area contributed by atoms with Gasteiger partial charge in [-0.25, -0.2) is 9.18 Å². The van der Waals surface area contributed by atoms with E-state index in [9.17, 15) is 14.0 Å². The summed E-state index contributed by atoms with van der Waals surface area (Å²) in [4.78, 5) is 25.9. The SMILES string of the molecule is O=C1CCc2cc(F)c(NC(=O)N3CCCc4ccccc4C3)cc2N1. The topological polar surface area (TPSA) is 61.4 Å². The second-order valence-corrected chi connectivity index (χ2v) is 6.76. The minimum absolute atomic E-state index is 0.0912. The molecule has 0 bridgehead atoms. The summed E-state index contributed by atoms with van der Waals surface area (Å²) in [6.07, 6.45) is 2.66. The number of carbonyl (C=O) groups excluding carboxylic acids is 2. The third-order valence-corrected chi connectivity index (χ3v) is 4.97. The van der Waals surface area contributed by atoms with E-state index in [0.29, 0.717) is 31.6 Å². The fourth-order valence-corrected chi connectivity index (χ4v) is 3.56. The molecule has 0 aromatic heterocycles. The van der Waals surface area contributed by atoms with E-state index < -0.39 is 5.82 Å². The van der Waals surface area contributed by atoms with Crippen LogP contribution in [0.5, 0.6) is 0 Å². The lowest BCUT2D eigenvalue weighted by Crippen LogP contribution is -2.35. The Morgan fingerprint density at radius 1 is 1.08 bits per heavy atom. The smallest absolute Gasteiger partial charge is 0.322 e. The molecule has 6 heteroatoms. The van der Waals surface area contributed by atoms with Crippen molar-refractivity contribution in [2.75, 3.05) is 17.2 Å². The molecule has 26 heavy (non-hydrogen) atoms. The number of urea groups is 1. The summed E-state index contributed by atoms with van der Waals surface area (Å²) in [6, 6.07) is 10.6. The van der Waals surface area contributed by atoms with E-state index in [1.807, 2.05) is 18.2 Å². The molecule has 4 rings (SSSR count). The Kier molecular flexibility index (Phi) is 4.32. The van der Waals surface area contributed by atoms with E-state index >= 15 is 0 Å². The molecule has 3 amide bonds. The summed E-state index contributed by atoms with van der Waals surface area (Å²) >= 11 is 0. The normalized spacial score (nSPS) is 16.2. The zero-order valence-electron chi connectivity index (χ0n) is 14.3. The number of hydrogen-bond acceptors (Lipinski definition) is 2. The van der Waals surface area contributed by atoms with Gasteiger partial charge in [-0.1, -0.05) is 24.3 Å². The molecular weight excluding hydrogens is 333 g/mol. The number of rotatable bonds is 1. The van der Waals surface area contributed by atoms with Gasteiger partial charge in [-0.3, -0.25) is 4.79 Å². The monoisotopic (exact) mass is 353 g/mol. The van der Waals surface area contributed by atoms with Crippen molar-refractivity contribution >= 4 is 23.3 Å². The van der Waals surface area contributed by atoms with Crippen LogP contribution in [0.3, 0.4) is 0 Å². The lowest BCUT2D eigenvalue weighted by Gasteiger charge is -2.23. The summed E-state index contributed by atoms with van der Waals surface area (Å²) in [5, 5.41) is 5.40. The first-order valence-electron chi connectivity index (χ1n) is 8.85. The summed E-state index contributed by atoms with van der Waals surface area (Å²) < 4.78 is 14.4. The second kappa shape index (κ2) is 6.78. The van der Waals surface area contributed by atoms with E-state index in [4.69, 9.17) is 0 Å². The highest BCUT2D eigenvalue weighted by molar-refractivity contribution is 5.96. The predicted octanol–water partition coefficient (Wildman–Crippen LogP) is 3.69. The fourth-order valence-electron chi connectivity index (χ4n) is 3.56. The van der Waals surface area contributed by atoms with Crippen molar-refractivity contribution in [1.82, 2.24) is 4.90 Å². The number of carbonyl (C=O) groups is 2. The molecule has 2 aliphatic heterocycles. The molecule has 0 radical (unpaired) electrons. The Hall–Kier alpha value is -2.89. The zero-order valence-corrected chi connectivity index (χ0v) is 14.3. The third-order valence-electron chi connectivity index (χ3n) is 4.97. The average Bonchev–Trinajstić information content (AvgIpc) is 2.85. The van der Waals surface area contributed by atoms with Crippen LogP contribution in [-0.4, -0.2) is 23.4 Å². The second-order valence-electron chi connectivity index (χ2n) is 6.76. The van der Waals surface area contributed by atoms with Gasteiger partial charge in [-0.2, -0.15) is 0 Å². The van der Waals surface area contributed by atoms with Crippen LogP contribution in [0.1, 0.15) is 29.5 Å². The van der Waals surface area contributed by atoms with Gasteiger partial charge in [0.05, 0.1) is 5.69 Å². The van der Waals surface area contributed by atoms with Gasteiger partial charge in [0.25, 0.3) is 0 Å². The van der Waals surface area contributed by atoms with Gasteiger partial charge in [0.2, 0.25) is 5.91 Å². The molecule has 2 N–H and O–H groups in total. The summed E-state index contributed by atoms with van der Waals surface area (Å²) in [6.45, 7) is 1.12. The molecule has 2 heterocycles. The standard InChI is InChI=1S/C20H20FN3O2/c21-16-10-14-7-8-19(25)22-17(14)11-18(16)23-20(26)24-9-3-6-13-4-1-2-5-15(13)12-24/h1-2,4-5,10-11H,3,6-9,12H2,(H,22,25)(H,23,26). The third kappa shape index (κ3) is 3.27. The molecular formula is C20H20FN3O2. The Balaban J connectivity index is 1.53. The number of nitrogens with one attached hydrogen (secondary N) is 2. The predicted molar refractivity (Wildman–Crippen MR) is 97.5 cm³/mol.